The Hall–Kier alpha value is -0.910. The van der Waals surface area contributed by atoms with Crippen LogP contribution in [0, 0.1) is 6.92 Å². The number of thiol groups is 1. The zero-order chi connectivity index (χ0) is 11.6. The van der Waals surface area contributed by atoms with Crippen molar-refractivity contribution in [1.82, 2.24) is 0 Å². The van der Waals surface area contributed by atoms with Crippen molar-refractivity contribution >= 4 is 24.0 Å². The van der Waals surface area contributed by atoms with E-state index in [-0.39, 0.29) is 5.75 Å². The number of benzene rings is 1. The van der Waals surface area contributed by atoms with E-state index in [1.807, 2.05) is 0 Å². The van der Waals surface area contributed by atoms with Gasteiger partial charge in [0.25, 0.3) is 0 Å². The van der Waals surface area contributed by atoms with Gasteiger partial charge in [-0.2, -0.15) is 12.6 Å². The predicted molar refractivity (Wildman–Crippen MR) is 64.8 cm³/mol. The molecular weight excluding hydrogens is 212 g/mol. The Labute approximate surface area is 94.3 Å². The van der Waals surface area contributed by atoms with Crippen LogP contribution in [0.2, 0.25) is 0 Å². The molecular formula is C10H16N2O2S. The van der Waals surface area contributed by atoms with Crippen LogP contribution in [0.15, 0.2) is 12.1 Å². The summed E-state index contributed by atoms with van der Waals surface area (Å²) < 4.78 is 0. The van der Waals surface area contributed by atoms with Crippen LogP contribution in [-0.4, -0.2) is 22.1 Å². The van der Waals surface area contributed by atoms with E-state index in [1.54, 1.807) is 19.1 Å². The quantitative estimate of drug-likeness (QED) is 0.384. The maximum absolute atomic E-state index is 9.73. The summed E-state index contributed by atoms with van der Waals surface area (Å²) in [5.41, 5.74) is 13.6. The Morgan fingerprint density at radius 1 is 1.33 bits per heavy atom. The minimum absolute atomic E-state index is 0.185. The molecule has 0 spiro atoms. The lowest BCUT2D eigenvalue weighted by Crippen LogP contribution is -2.20. The summed E-state index contributed by atoms with van der Waals surface area (Å²) >= 11 is 3.91. The first-order valence-corrected chi connectivity index (χ1v) is 5.23. The van der Waals surface area contributed by atoms with Crippen molar-refractivity contribution in [2.24, 2.45) is 0 Å². The molecule has 84 valence electrons. The molecule has 0 heterocycles. The molecule has 0 aromatic heterocycles. The van der Waals surface area contributed by atoms with Crippen LogP contribution in [0.25, 0.3) is 0 Å². The van der Waals surface area contributed by atoms with Crippen LogP contribution in [0.5, 0.6) is 0 Å². The van der Waals surface area contributed by atoms with E-state index in [0.29, 0.717) is 16.9 Å². The third kappa shape index (κ3) is 2.56. The number of nitrogens with two attached hydrogens (primary N) is 2. The number of rotatable bonds is 3. The van der Waals surface area contributed by atoms with Crippen molar-refractivity contribution in [3.05, 3.63) is 23.3 Å². The maximum atomic E-state index is 9.73. The largest absolute Gasteiger partial charge is 0.397 e. The molecule has 2 unspecified atom stereocenters. The van der Waals surface area contributed by atoms with Gasteiger partial charge in [-0.3, -0.25) is 0 Å². The summed E-state index contributed by atoms with van der Waals surface area (Å²) in [7, 11) is 0. The molecule has 0 radical (unpaired) electrons. The SMILES string of the molecule is Cc1cc(C(O)C(O)CS)cc(N)c1N. The molecule has 0 aliphatic carbocycles. The van der Waals surface area contributed by atoms with Gasteiger partial charge in [-0.25, -0.2) is 0 Å². The first kappa shape index (κ1) is 12.2. The van der Waals surface area contributed by atoms with Crippen LogP contribution in [0.4, 0.5) is 11.4 Å². The van der Waals surface area contributed by atoms with E-state index in [2.05, 4.69) is 12.6 Å². The van der Waals surface area contributed by atoms with E-state index in [1.165, 1.54) is 0 Å². The van der Waals surface area contributed by atoms with Crippen molar-refractivity contribution in [1.29, 1.82) is 0 Å². The number of aryl methyl sites for hydroxylation is 1. The fraction of sp³-hybridized carbons (Fsp3) is 0.400. The van der Waals surface area contributed by atoms with E-state index < -0.39 is 12.2 Å². The fourth-order valence-electron chi connectivity index (χ4n) is 1.35. The Morgan fingerprint density at radius 2 is 1.93 bits per heavy atom. The van der Waals surface area contributed by atoms with Crippen molar-refractivity contribution in [3.63, 3.8) is 0 Å². The van der Waals surface area contributed by atoms with E-state index in [9.17, 15) is 10.2 Å². The highest BCUT2D eigenvalue weighted by molar-refractivity contribution is 7.80. The summed E-state index contributed by atoms with van der Waals surface area (Å²) in [5, 5.41) is 19.2. The molecule has 0 aliphatic rings. The monoisotopic (exact) mass is 228 g/mol. The first-order chi connectivity index (χ1) is 6.97. The lowest BCUT2D eigenvalue weighted by Gasteiger charge is -2.18. The first-order valence-electron chi connectivity index (χ1n) is 4.59. The molecule has 1 aromatic carbocycles. The summed E-state index contributed by atoms with van der Waals surface area (Å²) in [4.78, 5) is 0. The maximum Gasteiger partial charge on any atom is 0.106 e. The average Bonchev–Trinajstić information content (AvgIpc) is 2.23. The number of hydrogen-bond donors (Lipinski definition) is 5. The molecule has 0 saturated heterocycles. The van der Waals surface area contributed by atoms with E-state index in [4.69, 9.17) is 11.5 Å². The number of nitrogen functional groups attached to an aromatic ring is 2. The summed E-state index contributed by atoms with van der Waals surface area (Å²) in [6.07, 6.45) is -1.89. The van der Waals surface area contributed by atoms with Crippen molar-refractivity contribution in [2.75, 3.05) is 17.2 Å². The molecule has 6 N–H and O–H groups in total. The van der Waals surface area contributed by atoms with Crippen molar-refractivity contribution in [3.8, 4) is 0 Å². The van der Waals surface area contributed by atoms with Crippen LogP contribution in [0.1, 0.15) is 17.2 Å². The van der Waals surface area contributed by atoms with Gasteiger partial charge in [0.15, 0.2) is 0 Å². The zero-order valence-corrected chi connectivity index (χ0v) is 9.41. The van der Waals surface area contributed by atoms with Gasteiger partial charge >= 0.3 is 0 Å². The lowest BCUT2D eigenvalue weighted by molar-refractivity contribution is 0.0338. The predicted octanol–water partition coefficient (Wildman–Crippen LogP) is 0.484. The second kappa shape index (κ2) is 4.74. The molecule has 5 heteroatoms. The average molecular weight is 228 g/mol. The molecule has 0 saturated carbocycles. The minimum Gasteiger partial charge on any atom is -0.397 e. The number of hydrogen-bond acceptors (Lipinski definition) is 5. The number of anilines is 2. The summed E-state index contributed by atoms with van der Waals surface area (Å²) in [5.74, 6) is 0.185. The Balaban J connectivity index is 3.06. The molecule has 0 amide bonds. The molecule has 0 bridgehead atoms. The van der Waals surface area contributed by atoms with E-state index >= 15 is 0 Å². The Bertz CT molecular complexity index is 334. The number of aliphatic hydroxyl groups excluding tert-OH is 2. The normalized spacial score (nSPS) is 14.9. The second-order valence-corrected chi connectivity index (χ2v) is 3.90. The highest BCUT2D eigenvalue weighted by Crippen LogP contribution is 2.27. The van der Waals surface area contributed by atoms with Crippen molar-refractivity contribution in [2.45, 2.75) is 19.1 Å². The van der Waals surface area contributed by atoms with Crippen LogP contribution in [-0.2, 0) is 0 Å². The molecule has 1 aromatic rings. The summed E-state index contributed by atoms with van der Waals surface area (Å²) in [6.45, 7) is 1.80. The standard InChI is InChI=1S/C10H16N2O2S/c1-5-2-6(3-7(11)9(5)12)10(14)8(13)4-15/h2-3,8,10,13-15H,4,11-12H2,1H3. The van der Waals surface area contributed by atoms with Crippen molar-refractivity contribution < 1.29 is 10.2 Å². The zero-order valence-electron chi connectivity index (χ0n) is 8.51. The highest BCUT2D eigenvalue weighted by Gasteiger charge is 2.18. The number of aliphatic hydroxyl groups is 2. The lowest BCUT2D eigenvalue weighted by atomic mass is 10.0. The highest BCUT2D eigenvalue weighted by atomic mass is 32.1. The molecule has 4 nitrogen and oxygen atoms in total. The smallest absolute Gasteiger partial charge is 0.106 e. The molecule has 0 aliphatic heterocycles. The van der Waals surface area contributed by atoms with Gasteiger partial charge in [0, 0.05) is 5.75 Å². The second-order valence-electron chi connectivity index (χ2n) is 3.54. The van der Waals surface area contributed by atoms with Crippen LogP contribution < -0.4 is 11.5 Å². The van der Waals surface area contributed by atoms with Crippen LogP contribution >= 0.6 is 12.6 Å². The molecule has 1 rings (SSSR count). The van der Waals surface area contributed by atoms with E-state index in [0.717, 1.165) is 5.56 Å². The Kier molecular flexibility index (Phi) is 3.84. The fourth-order valence-corrected chi connectivity index (χ4v) is 1.55. The van der Waals surface area contributed by atoms with Gasteiger partial charge in [0.1, 0.15) is 6.10 Å². The topological polar surface area (TPSA) is 92.5 Å². The van der Waals surface area contributed by atoms with Gasteiger partial charge in [-0.15, -0.1) is 0 Å². The molecule has 0 fully saturated rings. The van der Waals surface area contributed by atoms with Gasteiger partial charge < -0.3 is 21.7 Å². The summed E-state index contributed by atoms with van der Waals surface area (Å²) in [6, 6.07) is 3.28. The third-order valence-corrected chi connectivity index (χ3v) is 2.71. The van der Waals surface area contributed by atoms with Gasteiger partial charge in [-0.1, -0.05) is 6.07 Å². The molecule has 2 atom stereocenters. The van der Waals surface area contributed by atoms with Crippen LogP contribution in [0.3, 0.4) is 0 Å². The minimum atomic E-state index is -0.982. The van der Waals surface area contributed by atoms with Gasteiger partial charge in [-0.05, 0) is 24.1 Å². The van der Waals surface area contributed by atoms with Gasteiger partial charge in [0.2, 0.25) is 0 Å². The Morgan fingerprint density at radius 3 is 2.40 bits per heavy atom. The molecule has 15 heavy (non-hydrogen) atoms. The third-order valence-electron chi connectivity index (χ3n) is 2.33. The van der Waals surface area contributed by atoms with Gasteiger partial charge in [0.05, 0.1) is 17.5 Å².